The maximum atomic E-state index is 4.08. The Morgan fingerprint density at radius 2 is 0.643 bits per heavy atom. The van der Waals surface area contributed by atoms with Crippen LogP contribution in [0, 0.1) is 0 Å². The quantitative estimate of drug-likeness (QED) is 0.419. The molecular weight excluding hydrogens is 340 g/mol. The molecule has 0 fully saturated rings. The van der Waals surface area contributed by atoms with Crippen LogP contribution < -0.4 is 0 Å². The molecule has 138 valence electrons. The van der Waals surface area contributed by atoms with Gasteiger partial charge >= 0.3 is 0 Å². The molecule has 0 unspecified atom stereocenters. The Morgan fingerprint density at radius 3 is 0.964 bits per heavy atom. The van der Waals surface area contributed by atoms with Gasteiger partial charge in [0.05, 0.1) is 0 Å². The first-order chi connectivity index (χ1) is 13.9. The van der Waals surface area contributed by atoms with E-state index < -0.39 is 0 Å². The number of rotatable bonds is 7. The van der Waals surface area contributed by atoms with E-state index in [1.54, 1.807) is 0 Å². The minimum atomic E-state index is 1.05. The SMILES string of the molecule is c1cc(CCc2ccc(-c3ccc(CCc4ccncc4)cc3)cc2)ccn1. The standard InChI is InChI=1S/C26H24N2/c1(3-23-13-17-27-18-14-23)21-5-9-25(10-6-21)26-11-7-22(8-12-26)2-4-24-15-19-28-20-16-24/h5-20H,1-4H2. The molecule has 0 aliphatic heterocycles. The molecule has 4 aromatic rings. The molecule has 2 aromatic heterocycles. The third-order valence-corrected chi connectivity index (χ3v) is 5.14. The monoisotopic (exact) mass is 364 g/mol. The molecule has 2 heterocycles. The maximum absolute atomic E-state index is 4.08. The number of pyridine rings is 2. The largest absolute Gasteiger partial charge is 0.265 e. The summed E-state index contributed by atoms with van der Waals surface area (Å²) < 4.78 is 0. The van der Waals surface area contributed by atoms with Crippen molar-refractivity contribution in [2.45, 2.75) is 25.7 Å². The first-order valence-corrected chi connectivity index (χ1v) is 9.83. The summed E-state index contributed by atoms with van der Waals surface area (Å²) >= 11 is 0. The van der Waals surface area contributed by atoms with Crippen molar-refractivity contribution in [1.82, 2.24) is 9.97 Å². The van der Waals surface area contributed by atoms with E-state index in [9.17, 15) is 0 Å². The summed E-state index contributed by atoms with van der Waals surface area (Å²) in [4.78, 5) is 8.15. The van der Waals surface area contributed by atoms with Crippen molar-refractivity contribution in [1.29, 1.82) is 0 Å². The van der Waals surface area contributed by atoms with E-state index in [2.05, 4.69) is 82.8 Å². The molecule has 2 aromatic carbocycles. The number of aromatic nitrogens is 2. The first kappa shape index (κ1) is 18.1. The van der Waals surface area contributed by atoms with Crippen molar-refractivity contribution in [2.75, 3.05) is 0 Å². The van der Waals surface area contributed by atoms with Gasteiger partial charge in [-0.05, 0) is 83.3 Å². The lowest BCUT2D eigenvalue weighted by molar-refractivity contribution is 0.954. The van der Waals surface area contributed by atoms with Gasteiger partial charge in [-0.15, -0.1) is 0 Å². The van der Waals surface area contributed by atoms with E-state index in [1.807, 2.05) is 24.8 Å². The zero-order chi connectivity index (χ0) is 19.0. The van der Waals surface area contributed by atoms with Crippen LogP contribution in [0.5, 0.6) is 0 Å². The minimum Gasteiger partial charge on any atom is -0.265 e. The normalized spacial score (nSPS) is 10.7. The van der Waals surface area contributed by atoms with Gasteiger partial charge in [-0.25, -0.2) is 0 Å². The highest BCUT2D eigenvalue weighted by Crippen LogP contribution is 2.21. The fourth-order valence-corrected chi connectivity index (χ4v) is 3.40. The number of hydrogen-bond acceptors (Lipinski definition) is 2. The van der Waals surface area contributed by atoms with E-state index in [-0.39, 0.29) is 0 Å². The Balaban J connectivity index is 1.34. The Bertz CT molecular complexity index is 891. The molecule has 0 aliphatic rings. The fraction of sp³-hybridized carbons (Fsp3) is 0.154. The van der Waals surface area contributed by atoms with Crippen molar-refractivity contribution in [2.24, 2.45) is 0 Å². The summed E-state index contributed by atoms with van der Waals surface area (Å²) in [6, 6.07) is 26.2. The third kappa shape index (κ3) is 4.92. The van der Waals surface area contributed by atoms with Gasteiger partial charge in [0, 0.05) is 24.8 Å². The Hall–Kier alpha value is -3.26. The predicted octanol–water partition coefficient (Wildman–Crippen LogP) is 5.71. The van der Waals surface area contributed by atoms with Crippen LogP contribution in [0.1, 0.15) is 22.3 Å². The Kier molecular flexibility index (Phi) is 5.89. The molecule has 0 aliphatic carbocycles. The molecule has 0 spiro atoms. The molecule has 2 heteroatoms. The number of benzene rings is 2. The number of hydrogen-bond donors (Lipinski definition) is 0. The lowest BCUT2D eigenvalue weighted by Crippen LogP contribution is -1.92. The van der Waals surface area contributed by atoms with Crippen molar-refractivity contribution < 1.29 is 0 Å². The van der Waals surface area contributed by atoms with Gasteiger partial charge in [0.2, 0.25) is 0 Å². The van der Waals surface area contributed by atoms with E-state index in [0.717, 1.165) is 25.7 Å². The lowest BCUT2D eigenvalue weighted by atomic mass is 9.98. The van der Waals surface area contributed by atoms with Crippen LogP contribution in [-0.2, 0) is 25.7 Å². The van der Waals surface area contributed by atoms with Gasteiger partial charge in [0.1, 0.15) is 0 Å². The van der Waals surface area contributed by atoms with Gasteiger partial charge in [-0.2, -0.15) is 0 Å². The van der Waals surface area contributed by atoms with Crippen LogP contribution in [-0.4, -0.2) is 9.97 Å². The molecular formula is C26H24N2. The van der Waals surface area contributed by atoms with Gasteiger partial charge in [-0.1, -0.05) is 48.5 Å². The van der Waals surface area contributed by atoms with Crippen molar-refractivity contribution in [3.8, 4) is 11.1 Å². The third-order valence-electron chi connectivity index (χ3n) is 5.14. The Labute approximate surface area is 167 Å². The van der Waals surface area contributed by atoms with E-state index in [0.29, 0.717) is 0 Å². The van der Waals surface area contributed by atoms with Crippen LogP contribution in [0.3, 0.4) is 0 Å². The average Bonchev–Trinajstić information content (AvgIpc) is 2.78. The molecule has 0 atom stereocenters. The van der Waals surface area contributed by atoms with Crippen molar-refractivity contribution in [3.05, 3.63) is 120 Å². The number of aryl methyl sites for hydroxylation is 4. The topological polar surface area (TPSA) is 25.8 Å². The predicted molar refractivity (Wildman–Crippen MR) is 115 cm³/mol. The first-order valence-electron chi connectivity index (χ1n) is 9.83. The van der Waals surface area contributed by atoms with E-state index in [1.165, 1.54) is 33.4 Å². The highest BCUT2D eigenvalue weighted by molar-refractivity contribution is 5.64. The molecule has 0 N–H and O–H groups in total. The van der Waals surface area contributed by atoms with Crippen molar-refractivity contribution >= 4 is 0 Å². The highest BCUT2D eigenvalue weighted by Gasteiger charge is 2.01. The highest BCUT2D eigenvalue weighted by atomic mass is 14.6. The summed E-state index contributed by atoms with van der Waals surface area (Å²) in [6.07, 6.45) is 11.6. The molecule has 0 radical (unpaired) electrons. The van der Waals surface area contributed by atoms with E-state index >= 15 is 0 Å². The molecule has 0 saturated heterocycles. The van der Waals surface area contributed by atoms with Gasteiger partial charge in [0.15, 0.2) is 0 Å². The van der Waals surface area contributed by atoms with Gasteiger partial charge < -0.3 is 0 Å². The second-order valence-corrected chi connectivity index (χ2v) is 7.10. The fourth-order valence-electron chi connectivity index (χ4n) is 3.40. The zero-order valence-electron chi connectivity index (χ0n) is 16.0. The Morgan fingerprint density at radius 1 is 0.357 bits per heavy atom. The molecule has 0 bridgehead atoms. The van der Waals surface area contributed by atoms with Crippen LogP contribution >= 0.6 is 0 Å². The minimum absolute atomic E-state index is 1.05. The summed E-state index contributed by atoms with van der Waals surface area (Å²) in [5.41, 5.74) is 7.95. The molecule has 2 nitrogen and oxygen atoms in total. The summed E-state index contributed by atoms with van der Waals surface area (Å²) in [5.74, 6) is 0. The second-order valence-electron chi connectivity index (χ2n) is 7.10. The summed E-state index contributed by atoms with van der Waals surface area (Å²) in [7, 11) is 0. The smallest absolute Gasteiger partial charge is 0.0270 e. The zero-order valence-corrected chi connectivity index (χ0v) is 16.0. The van der Waals surface area contributed by atoms with Crippen LogP contribution in [0.15, 0.2) is 97.6 Å². The van der Waals surface area contributed by atoms with Crippen LogP contribution in [0.2, 0.25) is 0 Å². The lowest BCUT2D eigenvalue weighted by Gasteiger charge is -2.07. The summed E-state index contributed by atoms with van der Waals surface area (Å²) in [5, 5.41) is 0. The maximum Gasteiger partial charge on any atom is 0.0270 e. The summed E-state index contributed by atoms with van der Waals surface area (Å²) in [6.45, 7) is 0. The number of nitrogens with zero attached hydrogens (tertiary/aromatic N) is 2. The van der Waals surface area contributed by atoms with E-state index in [4.69, 9.17) is 0 Å². The molecule has 0 amide bonds. The van der Waals surface area contributed by atoms with Crippen LogP contribution in [0.4, 0.5) is 0 Å². The molecule has 0 saturated carbocycles. The average molecular weight is 364 g/mol. The van der Waals surface area contributed by atoms with Crippen LogP contribution in [0.25, 0.3) is 11.1 Å². The van der Waals surface area contributed by atoms with Gasteiger partial charge in [0.25, 0.3) is 0 Å². The van der Waals surface area contributed by atoms with Crippen molar-refractivity contribution in [3.63, 3.8) is 0 Å². The van der Waals surface area contributed by atoms with Gasteiger partial charge in [-0.3, -0.25) is 9.97 Å². The second kappa shape index (κ2) is 9.09. The molecule has 4 rings (SSSR count). The molecule has 28 heavy (non-hydrogen) atoms.